The van der Waals surface area contributed by atoms with Gasteiger partial charge in [0.05, 0.1) is 35.3 Å². The Kier molecular flexibility index (Phi) is 8.86. The monoisotopic (exact) mass is 517 g/mol. The summed E-state index contributed by atoms with van der Waals surface area (Å²) >= 11 is 11.3. The number of nitrogens with zero attached hydrogens (tertiary/aromatic N) is 2. The molecule has 2 atom stereocenters. The quantitative estimate of drug-likeness (QED) is 0.418. The van der Waals surface area contributed by atoms with Crippen LogP contribution < -0.4 is 9.46 Å². The predicted octanol–water partition coefficient (Wildman–Crippen LogP) is 4.16. The van der Waals surface area contributed by atoms with E-state index in [0.717, 1.165) is 18.4 Å². The van der Waals surface area contributed by atoms with E-state index in [0.29, 0.717) is 48.6 Å². The second kappa shape index (κ2) is 11.1. The van der Waals surface area contributed by atoms with E-state index in [-0.39, 0.29) is 18.0 Å². The second-order valence-electron chi connectivity index (χ2n) is 9.55. The molecule has 10 heteroatoms. The first-order valence-electron chi connectivity index (χ1n) is 11.1. The lowest BCUT2D eigenvalue weighted by Crippen LogP contribution is -2.58. The maximum Gasteiger partial charge on any atom is 0.320 e. The van der Waals surface area contributed by atoms with Crippen LogP contribution in [0.3, 0.4) is 0 Å². The minimum atomic E-state index is -1.34. The molecule has 2 saturated heterocycles. The van der Waals surface area contributed by atoms with Crippen LogP contribution in [0, 0.1) is 5.92 Å². The first kappa shape index (κ1) is 26.4. The molecule has 2 fully saturated rings. The minimum absolute atomic E-state index is 0.0360. The third kappa shape index (κ3) is 6.50. The zero-order valence-electron chi connectivity index (χ0n) is 19.4. The lowest BCUT2D eigenvalue weighted by Gasteiger charge is -2.43. The molecular formula is C23H33Cl2N3O4S. The Morgan fingerprint density at radius 3 is 2.45 bits per heavy atom. The molecule has 1 aromatic carbocycles. The number of benzene rings is 1. The van der Waals surface area contributed by atoms with Gasteiger partial charge < -0.3 is 24.2 Å². The molecule has 2 heterocycles. The number of β-amino-alcohol motifs (C(OH)–C–C–N with tert-alkyl or cyclic N) is 1. The molecule has 0 bridgehead atoms. The number of aliphatic hydroxyl groups is 1. The summed E-state index contributed by atoms with van der Waals surface area (Å²) in [6.45, 7) is 11.7. The Hall–Kier alpha value is -1.16. The van der Waals surface area contributed by atoms with Crippen molar-refractivity contribution in [3.05, 3.63) is 40.4 Å². The molecule has 2 amide bonds. The third-order valence-electron chi connectivity index (χ3n) is 5.95. The van der Waals surface area contributed by atoms with E-state index in [2.05, 4.69) is 11.3 Å². The van der Waals surface area contributed by atoms with Crippen LogP contribution in [0.4, 0.5) is 4.79 Å². The molecule has 2 aliphatic rings. The molecule has 0 spiro atoms. The zero-order chi connectivity index (χ0) is 24.3. The summed E-state index contributed by atoms with van der Waals surface area (Å²) in [4.78, 5) is 16.1. The van der Waals surface area contributed by atoms with E-state index in [1.165, 1.54) is 0 Å². The van der Waals surface area contributed by atoms with Crippen molar-refractivity contribution in [2.75, 3.05) is 32.8 Å². The van der Waals surface area contributed by atoms with Gasteiger partial charge in [0.1, 0.15) is 17.1 Å². The average Bonchev–Trinajstić information content (AvgIpc) is 2.74. The number of halogens is 2. The van der Waals surface area contributed by atoms with Crippen LogP contribution in [0.15, 0.2) is 24.8 Å². The Bertz CT molecular complexity index is 853. The van der Waals surface area contributed by atoms with Gasteiger partial charge in [-0.2, -0.15) is 0 Å². The molecule has 2 aliphatic heterocycles. The maximum absolute atomic E-state index is 13.1. The molecule has 7 nitrogen and oxygen atoms in total. The number of amides is 2. The molecular weight excluding hydrogens is 485 g/mol. The van der Waals surface area contributed by atoms with Crippen LogP contribution in [0.25, 0.3) is 0 Å². The molecule has 0 saturated carbocycles. The standard InChI is InChI=1S/C23H33Cl2N3O4S/c1-5-10-32-20-12-19(25)18(24)11-17(20)21(26-33(31)23(2,3)4)15-6-8-27(9-7-15)22(30)28-13-16(29)14-28/h5,11-12,15-16,21,26,29H,1,6-10,13-14H2,2-4H3/t21-,33?/m1/s1. The molecule has 1 unspecified atom stereocenters. The van der Waals surface area contributed by atoms with Crippen molar-refractivity contribution in [1.29, 1.82) is 0 Å². The van der Waals surface area contributed by atoms with Crippen LogP contribution in [0.5, 0.6) is 5.75 Å². The lowest BCUT2D eigenvalue weighted by atomic mass is 9.85. The van der Waals surface area contributed by atoms with E-state index in [9.17, 15) is 14.5 Å². The average molecular weight is 519 g/mol. The van der Waals surface area contributed by atoms with Crippen LogP contribution >= 0.6 is 23.2 Å². The molecule has 3 rings (SSSR count). The van der Waals surface area contributed by atoms with Gasteiger partial charge in [-0.05, 0) is 45.6 Å². The Labute approximate surface area is 209 Å². The molecule has 0 radical (unpaired) electrons. The fourth-order valence-corrected chi connectivity index (χ4v) is 5.23. The van der Waals surface area contributed by atoms with Gasteiger partial charge in [-0.1, -0.05) is 35.9 Å². The van der Waals surface area contributed by atoms with Crippen molar-refractivity contribution >= 4 is 40.6 Å². The number of nitrogens with one attached hydrogen (secondary N) is 1. The largest absolute Gasteiger partial charge is 0.598 e. The first-order valence-corrected chi connectivity index (χ1v) is 13.0. The van der Waals surface area contributed by atoms with E-state index >= 15 is 0 Å². The number of hydrogen-bond acceptors (Lipinski definition) is 5. The number of ether oxygens (including phenoxy) is 1. The van der Waals surface area contributed by atoms with Gasteiger partial charge in [-0.15, -0.1) is 4.72 Å². The highest BCUT2D eigenvalue weighted by atomic mass is 35.5. The van der Waals surface area contributed by atoms with Crippen molar-refractivity contribution in [3.63, 3.8) is 0 Å². The molecule has 0 aromatic heterocycles. The Morgan fingerprint density at radius 2 is 1.91 bits per heavy atom. The van der Waals surface area contributed by atoms with Crippen LogP contribution in [0.2, 0.25) is 10.0 Å². The third-order valence-corrected chi connectivity index (χ3v) is 8.25. The minimum Gasteiger partial charge on any atom is -0.598 e. The van der Waals surface area contributed by atoms with E-state index in [4.69, 9.17) is 27.9 Å². The number of rotatable bonds is 7. The van der Waals surface area contributed by atoms with Crippen molar-refractivity contribution in [1.82, 2.24) is 14.5 Å². The summed E-state index contributed by atoms with van der Waals surface area (Å²) in [5, 5.41) is 10.3. The van der Waals surface area contributed by atoms with Gasteiger partial charge in [0.25, 0.3) is 0 Å². The maximum atomic E-state index is 13.1. The molecule has 184 valence electrons. The summed E-state index contributed by atoms with van der Waals surface area (Å²) in [5.41, 5.74) is 0.791. The SMILES string of the molecule is C=CCOc1cc(Cl)c(Cl)cc1[C@H](N[S+]([O-])C(C)(C)C)C1CCN(C(=O)N2CC(O)C2)CC1. The molecule has 2 N–H and O–H groups in total. The number of hydrogen-bond donors (Lipinski definition) is 2. The molecule has 33 heavy (non-hydrogen) atoms. The smallest absolute Gasteiger partial charge is 0.320 e. The van der Waals surface area contributed by atoms with Gasteiger partial charge >= 0.3 is 6.03 Å². The van der Waals surface area contributed by atoms with E-state index < -0.39 is 22.2 Å². The van der Waals surface area contributed by atoms with Crippen molar-refractivity contribution < 1.29 is 19.2 Å². The summed E-state index contributed by atoms with van der Waals surface area (Å²) < 4.78 is 21.8. The first-order chi connectivity index (χ1) is 15.5. The van der Waals surface area contributed by atoms with E-state index in [1.807, 2.05) is 25.7 Å². The van der Waals surface area contributed by atoms with Gasteiger partial charge in [-0.3, -0.25) is 0 Å². The highest BCUT2D eigenvalue weighted by Gasteiger charge is 2.39. The molecule has 1 aromatic rings. The van der Waals surface area contributed by atoms with Gasteiger partial charge in [-0.25, -0.2) is 4.79 Å². The van der Waals surface area contributed by atoms with Crippen LogP contribution in [-0.4, -0.2) is 69.1 Å². The number of carbonyl (C=O) groups excluding carboxylic acids is 1. The summed E-state index contributed by atoms with van der Waals surface area (Å²) in [5.74, 6) is 0.673. The van der Waals surface area contributed by atoms with Gasteiger partial charge in [0.15, 0.2) is 0 Å². The molecule has 0 aliphatic carbocycles. The number of carbonyl (C=O) groups is 1. The second-order valence-corrected chi connectivity index (χ2v) is 12.4. The predicted molar refractivity (Wildman–Crippen MR) is 133 cm³/mol. The summed E-state index contributed by atoms with van der Waals surface area (Å²) in [7, 11) is 0. The number of aliphatic hydroxyl groups excluding tert-OH is 1. The highest BCUT2D eigenvalue weighted by molar-refractivity contribution is 7.90. The lowest BCUT2D eigenvalue weighted by molar-refractivity contribution is 0.0113. The topological polar surface area (TPSA) is 88.1 Å². The number of urea groups is 1. The van der Waals surface area contributed by atoms with Crippen molar-refractivity contribution in [3.8, 4) is 5.75 Å². The van der Waals surface area contributed by atoms with Crippen molar-refractivity contribution in [2.45, 2.75) is 50.5 Å². The van der Waals surface area contributed by atoms with Gasteiger partial charge in [0, 0.05) is 36.1 Å². The fourth-order valence-electron chi connectivity index (χ4n) is 4.00. The normalized spacial score (nSPS) is 19.7. The highest BCUT2D eigenvalue weighted by Crippen LogP contribution is 2.41. The summed E-state index contributed by atoms with van der Waals surface area (Å²) in [6, 6.07) is 3.12. The zero-order valence-corrected chi connectivity index (χ0v) is 21.7. The Morgan fingerprint density at radius 1 is 1.30 bits per heavy atom. The number of piperidine rings is 1. The fraction of sp³-hybridized carbons (Fsp3) is 0.609. The summed E-state index contributed by atoms with van der Waals surface area (Å²) in [6.07, 6.45) is 2.68. The number of likely N-dealkylation sites (tertiary alicyclic amines) is 2. The van der Waals surface area contributed by atoms with Crippen LogP contribution in [-0.2, 0) is 11.4 Å². The van der Waals surface area contributed by atoms with Gasteiger partial charge in [0.2, 0.25) is 0 Å². The van der Waals surface area contributed by atoms with E-state index in [1.54, 1.807) is 23.1 Å². The van der Waals surface area contributed by atoms with Crippen molar-refractivity contribution in [2.24, 2.45) is 5.92 Å². The van der Waals surface area contributed by atoms with Crippen LogP contribution in [0.1, 0.15) is 45.2 Å². The Balaban J connectivity index is 1.83.